The van der Waals surface area contributed by atoms with Crippen LogP contribution in [0.4, 0.5) is 0 Å². The highest BCUT2D eigenvalue weighted by Crippen LogP contribution is 2.11. The van der Waals surface area contributed by atoms with Gasteiger partial charge in [0.25, 0.3) is 0 Å². The summed E-state index contributed by atoms with van der Waals surface area (Å²) in [6.45, 7) is 8.48. The van der Waals surface area contributed by atoms with E-state index < -0.39 is 0 Å². The largest absolute Gasteiger partial charge is 0.371 e. The molecule has 0 saturated heterocycles. The molecular formula is C12H20N2. The van der Waals surface area contributed by atoms with Crippen molar-refractivity contribution in [1.29, 1.82) is 0 Å². The van der Waals surface area contributed by atoms with Crippen LogP contribution in [0.5, 0.6) is 0 Å². The predicted molar refractivity (Wildman–Crippen MR) is 62.6 cm³/mol. The van der Waals surface area contributed by atoms with Gasteiger partial charge >= 0.3 is 0 Å². The van der Waals surface area contributed by atoms with Gasteiger partial charge in [-0.25, -0.2) is 0 Å². The zero-order valence-electron chi connectivity index (χ0n) is 9.49. The van der Waals surface area contributed by atoms with Gasteiger partial charge in [-0.1, -0.05) is 24.3 Å². The molecule has 0 fully saturated rings. The molecule has 0 aromatic heterocycles. The van der Waals surface area contributed by atoms with Crippen LogP contribution in [0.25, 0.3) is 0 Å². The highest BCUT2D eigenvalue weighted by atomic mass is 15.0. The zero-order chi connectivity index (χ0) is 10.6. The van der Waals surface area contributed by atoms with Crippen LogP contribution in [0.2, 0.25) is 0 Å². The first kappa shape index (κ1) is 11.0. The molecule has 0 aromatic rings. The standard InChI is InChI=1S/C12H20N2/c1-9(2)13-12(14-10(3)4)11-7-5-6-8-11/h5-11H,1-4H3,(H,13,14). The molecule has 14 heavy (non-hydrogen) atoms. The van der Waals surface area contributed by atoms with Gasteiger partial charge in [-0.2, -0.15) is 0 Å². The summed E-state index contributed by atoms with van der Waals surface area (Å²) in [5, 5.41) is 3.40. The maximum atomic E-state index is 4.60. The Labute approximate surface area is 86.8 Å². The molecule has 0 radical (unpaired) electrons. The third-order valence-corrected chi connectivity index (χ3v) is 1.90. The molecule has 0 unspecified atom stereocenters. The maximum absolute atomic E-state index is 4.60. The topological polar surface area (TPSA) is 24.4 Å². The second-order valence-electron chi connectivity index (χ2n) is 4.20. The quantitative estimate of drug-likeness (QED) is 0.539. The lowest BCUT2D eigenvalue weighted by Crippen LogP contribution is -2.35. The van der Waals surface area contributed by atoms with Gasteiger partial charge in [0, 0.05) is 12.1 Å². The van der Waals surface area contributed by atoms with Crippen molar-refractivity contribution in [3.05, 3.63) is 24.3 Å². The molecule has 0 aliphatic heterocycles. The van der Waals surface area contributed by atoms with E-state index in [4.69, 9.17) is 0 Å². The Hall–Kier alpha value is -1.05. The van der Waals surface area contributed by atoms with Crippen molar-refractivity contribution in [2.24, 2.45) is 10.9 Å². The van der Waals surface area contributed by atoms with Gasteiger partial charge in [0.05, 0.1) is 5.92 Å². The minimum absolute atomic E-state index is 0.346. The van der Waals surface area contributed by atoms with Gasteiger partial charge in [-0.15, -0.1) is 0 Å². The van der Waals surface area contributed by atoms with Crippen LogP contribution >= 0.6 is 0 Å². The average Bonchev–Trinajstić information content (AvgIpc) is 2.52. The van der Waals surface area contributed by atoms with Gasteiger partial charge in [-0.3, -0.25) is 4.99 Å². The summed E-state index contributed by atoms with van der Waals surface area (Å²) in [4.78, 5) is 4.60. The number of nitrogens with zero attached hydrogens (tertiary/aromatic N) is 1. The van der Waals surface area contributed by atoms with E-state index in [-0.39, 0.29) is 0 Å². The normalized spacial score (nSPS) is 17.4. The lowest BCUT2D eigenvalue weighted by molar-refractivity contribution is 0.699. The van der Waals surface area contributed by atoms with Gasteiger partial charge in [0.1, 0.15) is 5.84 Å². The summed E-state index contributed by atoms with van der Waals surface area (Å²) < 4.78 is 0. The van der Waals surface area contributed by atoms with E-state index in [0.717, 1.165) is 5.84 Å². The Bertz CT molecular complexity index is 247. The monoisotopic (exact) mass is 192 g/mol. The van der Waals surface area contributed by atoms with Crippen molar-refractivity contribution < 1.29 is 0 Å². The molecule has 2 nitrogen and oxygen atoms in total. The Morgan fingerprint density at radius 1 is 1.14 bits per heavy atom. The summed E-state index contributed by atoms with van der Waals surface area (Å²) in [5.41, 5.74) is 0. The Kier molecular flexibility index (Phi) is 3.93. The molecule has 78 valence electrons. The molecule has 0 aromatic carbocycles. The van der Waals surface area contributed by atoms with Crippen LogP contribution in [-0.2, 0) is 0 Å². The van der Waals surface area contributed by atoms with Crippen molar-refractivity contribution >= 4 is 5.84 Å². The SMILES string of the molecule is CC(C)N=C(NC(C)C)C1C=CC=C1. The first-order valence-electron chi connectivity index (χ1n) is 5.29. The molecule has 2 heteroatoms. The molecule has 0 atom stereocenters. The predicted octanol–water partition coefficient (Wildman–Crippen LogP) is 2.53. The van der Waals surface area contributed by atoms with Crippen molar-refractivity contribution in [2.45, 2.75) is 39.8 Å². The molecule has 1 aliphatic rings. The summed E-state index contributed by atoms with van der Waals surface area (Å²) >= 11 is 0. The van der Waals surface area contributed by atoms with Crippen LogP contribution in [0.15, 0.2) is 29.3 Å². The van der Waals surface area contributed by atoms with Crippen LogP contribution in [0.1, 0.15) is 27.7 Å². The van der Waals surface area contributed by atoms with Crippen molar-refractivity contribution in [1.82, 2.24) is 5.32 Å². The minimum Gasteiger partial charge on any atom is -0.371 e. The number of rotatable bonds is 3. The second kappa shape index (κ2) is 4.99. The van der Waals surface area contributed by atoms with Crippen molar-refractivity contribution in [3.63, 3.8) is 0 Å². The van der Waals surface area contributed by atoms with Crippen molar-refractivity contribution in [2.75, 3.05) is 0 Å². The highest BCUT2D eigenvalue weighted by molar-refractivity contribution is 5.88. The van der Waals surface area contributed by atoms with E-state index in [9.17, 15) is 0 Å². The first-order valence-corrected chi connectivity index (χ1v) is 5.29. The molecule has 0 spiro atoms. The Balaban J connectivity index is 2.71. The van der Waals surface area contributed by atoms with E-state index in [1.165, 1.54) is 0 Å². The lowest BCUT2D eigenvalue weighted by Gasteiger charge is -2.17. The summed E-state index contributed by atoms with van der Waals surface area (Å²) in [6, 6.07) is 0.786. The number of nitrogens with one attached hydrogen (secondary N) is 1. The Morgan fingerprint density at radius 2 is 1.71 bits per heavy atom. The summed E-state index contributed by atoms with van der Waals surface area (Å²) in [5.74, 6) is 1.43. The van der Waals surface area contributed by atoms with Gasteiger partial charge in [0.15, 0.2) is 0 Å². The molecule has 0 heterocycles. The third-order valence-electron chi connectivity index (χ3n) is 1.90. The zero-order valence-corrected chi connectivity index (χ0v) is 9.49. The molecule has 1 aliphatic carbocycles. The highest BCUT2D eigenvalue weighted by Gasteiger charge is 2.13. The fourth-order valence-corrected chi connectivity index (χ4v) is 1.41. The molecule has 0 saturated carbocycles. The second-order valence-corrected chi connectivity index (χ2v) is 4.20. The van der Waals surface area contributed by atoms with E-state index in [0.29, 0.717) is 18.0 Å². The first-order chi connectivity index (χ1) is 6.59. The van der Waals surface area contributed by atoms with E-state index >= 15 is 0 Å². The lowest BCUT2D eigenvalue weighted by atomic mass is 10.1. The van der Waals surface area contributed by atoms with Gasteiger partial charge in [0.2, 0.25) is 0 Å². The third kappa shape index (κ3) is 3.36. The molecular weight excluding hydrogens is 172 g/mol. The summed E-state index contributed by atoms with van der Waals surface area (Å²) in [7, 11) is 0. The average molecular weight is 192 g/mol. The number of aliphatic imine (C=N–C) groups is 1. The fourth-order valence-electron chi connectivity index (χ4n) is 1.41. The van der Waals surface area contributed by atoms with Gasteiger partial charge in [-0.05, 0) is 27.7 Å². The van der Waals surface area contributed by atoms with Gasteiger partial charge < -0.3 is 5.32 Å². The molecule has 1 N–H and O–H groups in total. The molecule has 0 amide bonds. The smallest absolute Gasteiger partial charge is 0.108 e. The maximum Gasteiger partial charge on any atom is 0.108 e. The van der Waals surface area contributed by atoms with E-state index in [2.05, 4.69) is 62.3 Å². The number of allylic oxidation sites excluding steroid dienone is 2. The molecule has 1 rings (SSSR count). The summed E-state index contributed by atoms with van der Waals surface area (Å²) in [6.07, 6.45) is 8.47. The minimum atomic E-state index is 0.346. The number of hydrogen-bond donors (Lipinski definition) is 1. The number of amidine groups is 1. The van der Waals surface area contributed by atoms with Crippen LogP contribution in [0, 0.1) is 5.92 Å². The van der Waals surface area contributed by atoms with E-state index in [1.54, 1.807) is 0 Å². The van der Waals surface area contributed by atoms with E-state index in [1.807, 2.05) is 0 Å². The Morgan fingerprint density at radius 3 is 2.14 bits per heavy atom. The number of hydrogen-bond acceptors (Lipinski definition) is 1. The van der Waals surface area contributed by atoms with Crippen molar-refractivity contribution in [3.8, 4) is 0 Å². The fraction of sp³-hybridized carbons (Fsp3) is 0.583. The van der Waals surface area contributed by atoms with Crippen LogP contribution < -0.4 is 5.32 Å². The van der Waals surface area contributed by atoms with Crippen LogP contribution in [0.3, 0.4) is 0 Å². The van der Waals surface area contributed by atoms with Crippen LogP contribution in [-0.4, -0.2) is 17.9 Å². The molecule has 0 bridgehead atoms.